The topological polar surface area (TPSA) is 69.4 Å². The van der Waals surface area contributed by atoms with Crippen LogP contribution in [0.3, 0.4) is 0 Å². The maximum absolute atomic E-state index is 12.1. The number of nitrogens with zero attached hydrogens (tertiary/aromatic N) is 1. The Morgan fingerprint density at radius 2 is 2.05 bits per heavy atom. The SMILES string of the molecule is COc1ccc(C(C[N+](=O)[O-])[C@H]2CCCCC2=O)cc1. The minimum Gasteiger partial charge on any atom is -0.497 e. The lowest BCUT2D eigenvalue weighted by Crippen LogP contribution is -2.30. The number of nitro groups is 1. The number of ketones is 1. The third-order valence-electron chi connectivity index (χ3n) is 3.98. The van der Waals surface area contributed by atoms with Crippen LogP contribution >= 0.6 is 0 Å². The average molecular weight is 277 g/mol. The van der Waals surface area contributed by atoms with Crippen molar-refractivity contribution in [2.45, 2.75) is 31.6 Å². The van der Waals surface area contributed by atoms with Gasteiger partial charge in [0.1, 0.15) is 11.5 Å². The molecule has 2 rings (SSSR count). The summed E-state index contributed by atoms with van der Waals surface area (Å²) in [5.41, 5.74) is 0.850. The normalized spacial score (nSPS) is 20.4. The summed E-state index contributed by atoms with van der Waals surface area (Å²) in [6.45, 7) is -0.192. The number of methoxy groups -OCH3 is 1. The zero-order valence-corrected chi connectivity index (χ0v) is 11.6. The highest BCUT2D eigenvalue weighted by atomic mass is 16.6. The first-order valence-electron chi connectivity index (χ1n) is 6.90. The summed E-state index contributed by atoms with van der Waals surface area (Å²) in [6.07, 6.45) is 3.18. The van der Waals surface area contributed by atoms with Crippen LogP contribution in [-0.4, -0.2) is 24.4 Å². The molecule has 1 unspecified atom stereocenters. The number of carbonyl (C=O) groups excluding carboxylic acids is 1. The van der Waals surface area contributed by atoms with Crippen molar-refractivity contribution in [2.75, 3.05) is 13.7 Å². The predicted octanol–water partition coefficient (Wildman–Crippen LogP) is 2.81. The van der Waals surface area contributed by atoms with Crippen LogP contribution in [0.25, 0.3) is 0 Å². The molecule has 1 aliphatic rings. The van der Waals surface area contributed by atoms with E-state index in [1.165, 1.54) is 0 Å². The quantitative estimate of drug-likeness (QED) is 0.613. The molecule has 2 atom stereocenters. The summed E-state index contributed by atoms with van der Waals surface area (Å²) in [6, 6.07) is 7.23. The van der Waals surface area contributed by atoms with Gasteiger partial charge in [0.05, 0.1) is 13.0 Å². The van der Waals surface area contributed by atoms with Crippen LogP contribution in [0.5, 0.6) is 5.75 Å². The first-order chi connectivity index (χ1) is 9.61. The van der Waals surface area contributed by atoms with E-state index in [0.29, 0.717) is 12.2 Å². The lowest BCUT2D eigenvalue weighted by molar-refractivity contribution is -0.484. The van der Waals surface area contributed by atoms with E-state index in [1.807, 2.05) is 12.1 Å². The molecule has 0 bridgehead atoms. The lowest BCUT2D eigenvalue weighted by atomic mass is 9.76. The Hall–Kier alpha value is -1.91. The molecule has 108 valence electrons. The van der Waals surface area contributed by atoms with Gasteiger partial charge in [0.2, 0.25) is 6.54 Å². The predicted molar refractivity (Wildman–Crippen MR) is 74.6 cm³/mol. The van der Waals surface area contributed by atoms with Gasteiger partial charge < -0.3 is 4.74 Å². The first kappa shape index (κ1) is 14.5. The van der Waals surface area contributed by atoms with Crippen molar-refractivity contribution in [3.05, 3.63) is 39.9 Å². The second kappa shape index (κ2) is 6.50. The summed E-state index contributed by atoms with van der Waals surface area (Å²) >= 11 is 0. The molecule has 5 heteroatoms. The molecular formula is C15H19NO4. The van der Waals surface area contributed by atoms with Crippen molar-refractivity contribution in [2.24, 2.45) is 5.92 Å². The van der Waals surface area contributed by atoms with Gasteiger partial charge in [0.25, 0.3) is 0 Å². The largest absolute Gasteiger partial charge is 0.497 e. The Bertz CT molecular complexity index is 483. The first-order valence-corrected chi connectivity index (χ1v) is 6.90. The van der Waals surface area contributed by atoms with Gasteiger partial charge in [0.15, 0.2) is 0 Å². The molecule has 0 N–H and O–H groups in total. The van der Waals surface area contributed by atoms with Crippen molar-refractivity contribution in [1.29, 1.82) is 0 Å². The highest BCUT2D eigenvalue weighted by Gasteiger charge is 2.34. The van der Waals surface area contributed by atoms with Gasteiger partial charge in [-0.25, -0.2) is 0 Å². The van der Waals surface area contributed by atoms with Crippen molar-refractivity contribution in [3.63, 3.8) is 0 Å². The molecule has 5 nitrogen and oxygen atoms in total. The van der Waals surface area contributed by atoms with E-state index < -0.39 is 0 Å². The molecule has 1 aliphatic carbocycles. The third kappa shape index (κ3) is 3.35. The number of benzene rings is 1. The second-order valence-corrected chi connectivity index (χ2v) is 5.21. The van der Waals surface area contributed by atoms with Gasteiger partial charge in [-0.05, 0) is 30.5 Å². The Morgan fingerprint density at radius 1 is 1.35 bits per heavy atom. The van der Waals surface area contributed by atoms with Crippen molar-refractivity contribution >= 4 is 5.78 Å². The highest BCUT2D eigenvalue weighted by molar-refractivity contribution is 5.82. The number of rotatable bonds is 5. The Kier molecular flexibility index (Phi) is 4.71. The molecule has 0 spiro atoms. The summed E-state index contributed by atoms with van der Waals surface area (Å²) in [5, 5.41) is 10.9. The summed E-state index contributed by atoms with van der Waals surface area (Å²) < 4.78 is 5.10. The average Bonchev–Trinajstić information content (AvgIpc) is 2.46. The van der Waals surface area contributed by atoms with E-state index in [-0.39, 0.29) is 29.1 Å². The fraction of sp³-hybridized carbons (Fsp3) is 0.533. The minimum atomic E-state index is -0.330. The summed E-state index contributed by atoms with van der Waals surface area (Å²) in [4.78, 5) is 22.7. The standard InChI is InChI=1S/C15H19NO4/c1-20-12-8-6-11(7-9-12)14(10-16(18)19)13-4-2-3-5-15(13)17/h6-9,13-14H,2-5,10H2,1H3/t13-,14?/m1/s1. The Labute approximate surface area is 118 Å². The summed E-state index contributed by atoms with van der Waals surface area (Å²) in [7, 11) is 1.58. The van der Waals surface area contributed by atoms with Crippen LogP contribution in [0.4, 0.5) is 0 Å². The second-order valence-electron chi connectivity index (χ2n) is 5.21. The third-order valence-corrected chi connectivity index (χ3v) is 3.98. The maximum atomic E-state index is 12.1. The van der Waals surface area contributed by atoms with Gasteiger partial charge >= 0.3 is 0 Å². The van der Waals surface area contributed by atoms with Gasteiger partial charge in [-0.2, -0.15) is 0 Å². The van der Waals surface area contributed by atoms with Crippen LogP contribution in [0.2, 0.25) is 0 Å². The monoisotopic (exact) mass is 277 g/mol. The van der Waals surface area contributed by atoms with Crippen molar-refractivity contribution in [3.8, 4) is 5.75 Å². The molecule has 0 aromatic heterocycles. The zero-order valence-electron chi connectivity index (χ0n) is 11.6. The van der Waals surface area contributed by atoms with E-state index in [0.717, 1.165) is 24.8 Å². The van der Waals surface area contributed by atoms with Gasteiger partial charge in [-0.1, -0.05) is 18.6 Å². The number of hydrogen-bond donors (Lipinski definition) is 0. The lowest BCUT2D eigenvalue weighted by Gasteiger charge is -2.27. The smallest absolute Gasteiger partial charge is 0.211 e. The fourth-order valence-electron chi connectivity index (χ4n) is 2.91. The van der Waals surface area contributed by atoms with Crippen LogP contribution in [0, 0.1) is 16.0 Å². The van der Waals surface area contributed by atoms with Crippen molar-refractivity contribution < 1.29 is 14.5 Å². The molecule has 0 heterocycles. The number of carbonyl (C=O) groups is 1. The minimum absolute atomic E-state index is 0.166. The highest BCUT2D eigenvalue weighted by Crippen LogP contribution is 2.34. The number of ether oxygens (including phenoxy) is 1. The molecule has 1 fully saturated rings. The van der Waals surface area contributed by atoms with E-state index in [1.54, 1.807) is 19.2 Å². The number of Topliss-reactive ketones (excluding diaryl/α,β-unsaturated/α-hetero) is 1. The Balaban J connectivity index is 2.25. The van der Waals surface area contributed by atoms with Crippen LogP contribution in [0.1, 0.15) is 37.2 Å². The molecular weight excluding hydrogens is 258 g/mol. The van der Waals surface area contributed by atoms with Gasteiger partial charge in [0, 0.05) is 17.3 Å². The van der Waals surface area contributed by atoms with Crippen molar-refractivity contribution in [1.82, 2.24) is 0 Å². The number of hydrogen-bond acceptors (Lipinski definition) is 4. The molecule has 0 radical (unpaired) electrons. The molecule has 0 saturated heterocycles. The van der Waals surface area contributed by atoms with Crippen LogP contribution in [0.15, 0.2) is 24.3 Å². The van der Waals surface area contributed by atoms with Gasteiger partial charge in [-0.15, -0.1) is 0 Å². The maximum Gasteiger partial charge on any atom is 0.211 e. The molecule has 1 aromatic carbocycles. The molecule has 0 aliphatic heterocycles. The van der Waals surface area contributed by atoms with Crippen LogP contribution in [-0.2, 0) is 4.79 Å². The molecule has 1 saturated carbocycles. The van der Waals surface area contributed by atoms with E-state index in [9.17, 15) is 14.9 Å². The van der Waals surface area contributed by atoms with E-state index in [4.69, 9.17) is 4.74 Å². The van der Waals surface area contributed by atoms with Gasteiger partial charge in [-0.3, -0.25) is 14.9 Å². The Morgan fingerprint density at radius 3 is 2.60 bits per heavy atom. The summed E-state index contributed by atoms with van der Waals surface area (Å²) in [5.74, 6) is 0.328. The fourth-order valence-corrected chi connectivity index (χ4v) is 2.91. The zero-order chi connectivity index (χ0) is 14.5. The van der Waals surface area contributed by atoms with Crippen LogP contribution < -0.4 is 4.74 Å². The molecule has 0 amide bonds. The van der Waals surface area contributed by atoms with E-state index in [2.05, 4.69) is 0 Å². The van der Waals surface area contributed by atoms with E-state index >= 15 is 0 Å². The molecule has 1 aromatic rings. The molecule has 20 heavy (non-hydrogen) atoms.